The van der Waals surface area contributed by atoms with E-state index in [0.717, 1.165) is 0 Å². The number of fused-ring (bicyclic) bond motifs is 11. The Morgan fingerprint density at radius 1 is 0.435 bits per heavy atom. The smallest absolute Gasteiger partial charge is 0.0476 e. The first-order valence-corrected chi connectivity index (χ1v) is 17.5. The van der Waals surface area contributed by atoms with Crippen molar-refractivity contribution in [2.24, 2.45) is 0 Å². The minimum absolute atomic E-state index is 0.0238. The lowest BCUT2D eigenvalue weighted by atomic mass is 9.82. The Morgan fingerprint density at radius 3 is 1.87 bits per heavy atom. The Balaban J connectivity index is 1.21. The third kappa shape index (κ3) is 3.67. The predicted octanol–water partition coefficient (Wildman–Crippen LogP) is 13.4. The van der Waals surface area contributed by atoms with Gasteiger partial charge in [0.25, 0.3) is 0 Å². The molecule has 46 heavy (non-hydrogen) atoms. The Hall–Kier alpha value is -4.96. The minimum Gasteiger partial charge on any atom is -0.310 e. The van der Waals surface area contributed by atoms with Crippen molar-refractivity contribution in [3.8, 4) is 11.1 Å². The van der Waals surface area contributed by atoms with Gasteiger partial charge >= 0.3 is 0 Å². The van der Waals surface area contributed by atoms with Crippen molar-refractivity contribution < 1.29 is 0 Å². The molecule has 7 aromatic carbocycles. The summed E-state index contributed by atoms with van der Waals surface area (Å²) in [5.74, 6) is 0. The second-order valence-corrected chi connectivity index (χ2v) is 15.1. The third-order valence-corrected chi connectivity index (χ3v) is 12.4. The van der Waals surface area contributed by atoms with Gasteiger partial charge in [-0.3, -0.25) is 0 Å². The molecule has 1 aliphatic rings. The van der Waals surface area contributed by atoms with Crippen LogP contribution in [0.3, 0.4) is 0 Å². The number of nitrogens with zero attached hydrogens (tertiary/aromatic N) is 1. The minimum atomic E-state index is -0.0238. The van der Waals surface area contributed by atoms with Crippen LogP contribution in [0.25, 0.3) is 62.2 Å². The predicted molar refractivity (Wildman–Crippen MR) is 202 cm³/mol. The largest absolute Gasteiger partial charge is 0.310 e. The molecule has 0 bridgehead atoms. The molecule has 0 amide bonds. The van der Waals surface area contributed by atoms with Crippen LogP contribution >= 0.6 is 22.7 Å². The van der Waals surface area contributed by atoms with E-state index in [4.69, 9.17) is 0 Å². The van der Waals surface area contributed by atoms with Gasteiger partial charge in [-0.2, -0.15) is 0 Å². The summed E-state index contributed by atoms with van der Waals surface area (Å²) in [7, 11) is 0. The van der Waals surface area contributed by atoms with Crippen LogP contribution in [0.15, 0.2) is 140 Å². The Labute approximate surface area is 275 Å². The van der Waals surface area contributed by atoms with Gasteiger partial charge in [-0.25, -0.2) is 0 Å². The van der Waals surface area contributed by atoms with E-state index in [2.05, 4.69) is 158 Å². The molecule has 2 heterocycles. The maximum absolute atomic E-state index is 2.46. The molecule has 1 aliphatic carbocycles. The van der Waals surface area contributed by atoms with Crippen molar-refractivity contribution in [2.45, 2.75) is 19.3 Å². The number of hydrogen-bond acceptors (Lipinski definition) is 3. The number of hydrogen-bond donors (Lipinski definition) is 0. The topological polar surface area (TPSA) is 3.24 Å². The summed E-state index contributed by atoms with van der Waals surface area (Å²) in [6.45, 7) is 4.70. The van der Waals surface area contributed by atoms with E-state index in [1.807, 2.05) is 22.7 Å². The van der Waals surface area contributed by atoms with Gasteiger partial charge in [0.1, 0.15) is 0 Å². The summed E-state index contributed by atoms with van der Waals surface area (Å²) < 4.78 is 5.31. The Kier molecular flexibility index (Phi) is 5.44. The lowest BCUT2D eigenvalue weighted by molar-refractivity contribution is 0.660. The van der Waals surface area contributed by atoms with Crippen LogP contribution in [0.4, 0.5) is 17.1 Å². The molecule has 3 heteroatoms. The van der Waals surface area contributed by atoms with Crippen LogP contribution in [-0.2, 0) is 5.41 Å². The van der Waals surface area contributed by atoms with E-state index in [1.54, 1.807) is 0 Å². The van der Waals surface area contributed by atoms with Crippen molar-refractivity contribution in [3.63, 3.8) is 0 Å². The second-order valence-electron chi connectivity index (χ2n) is 13.0. The first-order valence-electron chi connectivity index (χ1n) is 15.8. The van der Waals surface area contributed by atoms with Crippen LogP contribution in [0.1, 0.15) is 25.0 Å². The zero-order valence-corrected chi connectivity index (χ0v) is 27.2. The summed E-state index contributed by atoms with van der Waals surface area (Å²) >= 11 is 3.78. The highest BCUT2D eigenvalue weighted by Gasteiger charge is 2.35. The van der Waals surface area contributed by atoms with E-state index < -0.39 is 0 Å². The average Bonchev–Trinajstić information content (AvgIpc) is 3.72. The van der Waals surface area contributed by atoms with E-state index in [1.165, 1.54) is 90.4 Å². The van der Waals surface area contributed by atoms with Gasteiger partial charge in [0, 0.05) is 62.8 Å². The summed E-state index contributed by atoms with van der Waals surface area (Å²) in [4.78, 5) is 2.46. The molecule has 0 unspecified atom stereocenters. The lowest BCUT2D eigenvalue weighted by Crippen LogP contribution is -2.15. The average molecular weight is 624 g/mol. The van der Waals surface area contributed by atoms with Crippen molar-refractivity contribution in [1.29, 1.82) is 0 Å². The standard InChI is InChI=1S/C43H29NS2/c1-43(2)37-13-7-5-11-31(37)36-23-27(18-22-38(36)43)44(28-16-20-33-32-12-6-8-14-39(32)45-40(33)24-28)29-17-21-34-35-19-15-26-9-3-4-10-30(26)42(35)46-41(34)25-29/h3-25H,1-2H3. The number of thiophene rings is 2. The van der Waals surface area contributed by atoms with Gasteiger partial charge in [0.05, 0.1) is 0 Å². The maximum Gasteiger partial charge on any atom is 0.0476 e. The molecule has 0 fully saturated rings. The highest BCUT2D eigenvalue weighted by Crippen LogP contribution is 2.51. The summed E-state index contributed by atoms with van der Waals surface area (Å²) in [6, 6.07) is 52.1. The van der Waals surface area contributed by atoms with Gasteiger partial charge in [0.15, 0.2) is 0 Å². The van der Waals surface area contributed by atoms with Crippen LogP contribution in [-0.4, -0.2) is 0 Å². The van der Waals surface area contributed by atoms with Gasteiger partial charge in [-0.1, -0.05) is 111 Å². The van der Waals surface area contributed by atoms with Gasteiger partial charge in [-0.15, -0.1) is 22.7 Å². The highest BCUT2D eigenvalue weighted by atomic mass is 32.1. The van der Waals surface area contributed by atoms with Gasteiger partial charge in [0.2, 0.25) is 0 Å². The Morgan fingerprint density at radius 2 is 1.02 bits per heavy atom. The summed E-state index contributed by atoms with van der Waals surface area (Å²) in [5.41, 5.74) is 8.98. The second kappa shape index (κ2) is 9.53. The summed E-state index contributed by atoms with van der Waals surface area (Å²) in [5, 5.41) is 7.92. The van der Waals surface area contributed by atoms with Crippen LogP contribution < -0.4 is 4.90 Å². The van der Waals surface area contributed by atoms with Crippen LogP contribution in [0.5, 0.6) is 0 Å². The fraction of sp³-hybridized carbons (Fsp3) is 0.0698. The molecule has 2 aromatic heterocycles. The van der Waals surface area contributed by atoms with Gasteiger partial charge in [-0.05, 0) is 75.5 Å². The quantitative estimate of drug-likeness (QED) is 0.189. The molecule has 0 saturated heterocycles. The zero-order valence-electron chi connectivity index (χ0n) is 25.5. The lowest BCUT2D eigenvalue weighted by Gasteiger charge is -2.27. The van der Waals surface area contributed by atoms with Crippen molar-refractivity contribution >= 4 is 90.9 Å². The van der Waals surface area contributed by atoms with Crippen molar-refractivity contribution in [2.75, 3.05) is 4.90 Å². The van der Waals surface area contributed by atoms with Crippen molar-refractivity contribution in [1.82, 2.24) is 0 Å². The number of anilines is 3. The molecule has 0 aliphatic heterocycles. The van der Waals surface area contributed by atoms with E-state index in [9.17, 15) is 0 Å². The summed E-state index contributed by atoms with van der Waals surface area (Å²) in [6.07, 6.45) is 0. The van der Waals surface area contributed by atoms with Crippen LogP contribution in [0.2, 0.25) is 0 Å². The van der Waals surface area contributed by atoms with E-state index in [-0.39, 0.29) is 5.41 Å². The molecule has 0 atom stereocenters. The molecule has 1 nitrogen and oxygen atoms in total. The van der Waals surface area contributed by atoms with Gasteiger partial charge < -0.3 is 4.90 Å². The molecule has 218 valence electrons. The Bertz CT molecular complexity index is 2690. The maximum atomic E-state index is 2.46. The normalized spacial score (nSPS) is 13.6. The van der Waals surface area contributed by atoms with Crippen molar-refractivity contribution in [3.05, 3.63) is 151 Å². The molecular formula is C43H29NS2. The number of rotatable bonds is 3. The monoisotopic (exact) mass is 623 g/mol. The first kappa shape index (κ1) is 26.3. The molecule has 0 radical (unpaired) electrons. The first-order chi connectivity index (χ1) is 22.5. The fourth-order valence-electron chi connectivity index (χ4n) is 7.78. The fourth-order valence-corrected chi connectivity index (χ4v) is 10.2. The highest BCUT2D eigenvalue weighted by molar-refractivity contribution is 7.27. The van der Waals surface area contributed by atoms with E-state index in [0.29, 0.717) is 0 Å². The molecule has 10 rings (SSSR count). The molecule has 0 saturated carbocycles. The zero-order chi connectivity index (χ0) is 30.6. The van der Waals surface area contributed by atoms with Crippen LogP contribution in [0, 0.1) is 0 Å². The van der Waals surface area contributed by atoms with E-state index >= 15 is 0 Å². The number of benzene rings is 7. The molecule has 9 aromatic rings. The molecule has 0 N–H and O–H groups in total. The SMILES string of the molecule is CC1(C)c2ccccc2-c2cc(N(c3ccc4c(c3)sc3ccccc34)c3ccc4c(c3)sc3c5ccccc5ccc43)ccc21. The molecule has 0 spiro atoms. The third-order valence-electron chi connectivity index (χ3n) is 10.1. The molecular weight excluding hydrogens is 595 g/mol.